The lowest BCUT2D eigenvalue weighted by Gasteiger charge is -2.14. The third-order valence-corrected chi connectivity index (χ3v) is 3.41. The smallest absolute Gasteiger partial charge is 0.150 e. The average Bonchev–Trinajstić information content (AvgIpc) is 2.34. The molecule has 1 aromatic carbocycles. The van der Waals surface area contributed by atoms with Crippen molar-refractivity contribution in [2.24, 2.45) is 0 Å². The van der Waals surface area contributed by atoms with Crippen LogP contribution >= 0.6 is 15.9 Å². The standard InChI is InChI=1S/C13H13BrF2N2/c1-6(2)7-4-8-11(16)9(14)5-10(15)12(8)18-13(7)17-3/h4-6H,1-3H3,(H,17,18). The van der Waals surface area contributed by atoms with Gasteiger partial charge in [-0.15, -0.1) is 0 Å². The Bertz CT molecular complexity index is 612. The number of hydrogen-bond acceptors (Lipinski definition) is 2. The third kappa shape index (κ3) is 2.07. The number of anilines is 1. The van der Waals surface area contributed by atoms with Gasteiger partial charge >= 0.3 is 0 Å². The van der Waals surface area contributed by atoms with Crippen molar-refractivity contribution in [1.29, 1.82) is 0 Å². The number of nitrogens with zero attached hydrogens (tertiary/aromatic N) is 1. The molecule has 0 amide bonds. The normalized spacial score (nSPS) is 11.3. The van der Waals surface area contributed by atoms with Gasteiger partial charge in [0.15, 0.2) is 5.82 Å². The summed E-state index contributed by atoms with van der Waals surface area (Å²) < 4.78 is 27.9. The van der Waals surface area contributed by atoms with Crippen LogP contribution in [0.15, 0.2) is 16.6 Å². The van der Waals surface area contributed by atoms with E-state index in [1.807, 2.05) is 13.8 Å². The van der Waals surface area contributed by atoms with E-state index in [-0.39, 0.29) is 21.3 Å². The maximum atomic E-state index is 14.0. The van der Waals surface area contributed by atoms with Gasteiger partial charge in [-0.1, -0.05) is 13.8 Å². The van der Waals surface area contributed by atoms with Crippen LogP contribution in [0.1, 0.15) is 25.3 Å². The number of hydrogen-bond donors (Lipinski definition) is 1. The molecule has 1 heterocycles. The lowest BCUT2D eigenvalue weighted by atomic mass is 10.0. The fraction of sp³-hybridized carbons (Fsp3) is 0.308. The fourth-order valence-electron chi connectivity index (χ4n) is 1.89. The van der Waals surface area contributed by atoms with Crippen LogP contribution in [0.5, 0.6) is 0 Å². The highest BCUT2D eigenvalue weighted by molar-refractivity contribution is 9.10. The lowest BCUT2D eigenvalue weighted by Crippen LogP contribution is -2.03. The molecule has 5 heteroatoms. The van der Waals surface area contributed by atoms with Gasteiger partial charge in [-0.05, 0) is 39.5 Å². The molecule has 96 valence electrons. The first-order chi connectivity index (χ1) is 8.45. The summed E-state index contributed by atoms with van der Waals surface area (Å²) in [5, 5.41) is 3.12. The van der Waals surface area contributed by atoms with Crippen molar-refractivity contribution >= 4 is 32.7 Å². The average molecular weight is 315 g/mol. The Morgan fingerprint density at radius 1 is 1.28 bits per heavy atom. The molecule has 0 unspecified atom stereocenters. The first-order valence-corrected chi connectivity index (χ1v) is 6.41. The molecular formula is C13H13BrF2N2. The minimum Gasteiger partial charge on any atom is -0.373 e. The highest BCUT2D eigenvalue weighted by Gasteiger charge is 2.16. The van der Waals surface area contributed by atoms with Gasteiger partial charge in [0.1, 0.15) is 17.2 Å². The first kappa shape index (κ1) is 13.2. The van der Waals surface area contributed by atoms with Crippen LogP contribution in [0.3, 0.4) is 0 Å². The Labute approximate surface area is 113 Å². The maximum absolute atomic E-state index is 14.0. The van der Waals surface area contributed by atoms with Gasteiger partial charge in [0.25, 0.3) is 0 Å². The monoisotopic (exact) mass is 314 g/mol. The van der Waals surface area contributed by atoms with E-state index in [1.165, 1.54) is 0 Å². The van der Waals surface area contributed by atoms with E-state index in [2.05, 4.69) is 26.2 Å². The van der Waals surface area contributed by atoms with Crippen molar-refractivity contribution in [2.75, 3.05) is 12.4 Å². The summed E-state index contributed by atoms with van der Waals surface area (Å²) in [5.41, 5.74) is 0.908. The molecule has 1 N–H and O–H groups in total. The fourth-order valence-corrected chi connectivity index (χ4v) is 2.30. The topological polar surface area (TPSA) is 24.9 Å². The van der Waals surface area contributed by atoms with Gasteiger partial charge in [-0.25, -0.2) is 13.8 Å². The molecule has 0 radical (unpaired) electrons. The number of aromatic nitrogens is 1. The second-order valence-corrected chi connectivity index (χ2v) is 5.24. The summed E-state index contributed by atoms with van der Waals surface area (Å²) in [6.45, 7) is 3.96. The Kier molecular flexibility index (Phi) is 3.52. The summed E-state index contributed by atoms with van der Waals surface area (Å²) >= 11 is 3.01. The van der Waals surface area contributed by atoms with E-state index >= 15 is 0 Å². The van der Waals surface area contributed by atoms with Crippen LogP contribution in [0.2, 0.25) is 0 Å². The molecule has 18 heavy (non-hydrogen) atoms. The van der Waals surface area contributed by atoms with Crippen LogP contribution in [-0.4, -0.2) is 12.0 Å². The van der Waals surface area contributed by atoms with Crippen LogP contribution in [0.4, 0.5) is 14.6 Å². The zero-order chi connectivity index (χ0) is 13.4. The molecule has 0 aliphatic carbocycles. The number of halogens is 3. The van der Waals surface area contributed by atoms with Gasteiger partial charge in [-0.3, -0.25) is 0 Å². The summed E-state index contributed by atoms with van der Waals surface area (Å²) in [5.74, 6) is -0.266. The molecular weight excluding hydrogens is 302 g/mol. The van der Waals surface area contributed by atoms with Crippen molar-refractivity contribution < 1.29 is 8.78 Å². The molecule has 0 saturated carbocycles. The summed E-state index contributed by atoms with van der Waals surface area (Å²) in [4.78, 5) is 4.17. The number of benzene rings is 1. The third-order valence-electron chi connectivity index (χ3n) is 2.84. The molecule has 0 saturated heterocycles. The van der Waals surface area contributed by atoms with Gasteiger partial charge < -0.3 is 5.32 Å². The van der Waals surface area contributed by atoms with Crippen molar-refractivity contribution in [1.82, 2.24) is 4.98 Å². The van der Waals surface area contributed by atoms with Crippen LogP contribution in [0.25, 0.3) is 10.9 Å². The van der Waals surface area contributed by atoms with Crippen molar-refractivity contribution in [2.45, 2.75) is 19.8 Å². The van der Waals surface area contributed by atoms with Crippen LogP contribution in [0, 0.1) is 11.6 Å². The Morgan fingerprint density at radius 2 is 1.94 bits per heavy atom. The quantitative estimate of drug-likeness (QED) is 0.829. The number of pyridine rings is 1. The van der Waals surface area contributed by atoms with E-state index in [0.717, 1.165) is 11.6 Å². The second-order valence-electron chi connectivity index (χ2n) is 4.38. The molecule has 0 spiro atoms. The zero-order valence-corrected chi connectivity index (χ0v) is 11.9. The maximum Gasteiger partial charge on any atom is 0.150 e. The van der Waals surface area contributed by atoms with Gasteiger partial charge in [0, 0.05) is 12.4 Å². The molecule has 2 aromatic rings. The molecule has 0 bridgehead atoms. The van der Waals surface area contributed by atoms with E-state index in [9.17, 15) is 8.78 Å². The Morgan fingerprint density at radius 3 is 2.50 bits per heavy atom. The van der Waals surface area contributed by atoms with Crippen LogP contribution < -0.4 is 5.32 Å². The molecule has 0 aliphatic heterocycles. The molecule has 2 rings (SSSR count). The van der Waals surface area contributed by atoms with Gasteiger partial charge in [-0.2, -0.15) is 0 Å². The molecule has 0 aliphatic rings. The van der Waals surface area contributed by atoms with Crippen LogP contribution in [-0.2, 0) is 0 Å². The molecule has 0 atom stereocenters. The highest BCUT2D eigenvalue weighted by Crippen LogP contribution is 2.32. The van der Waals surface area contributed by atoms with E-state index < -0.39 is 11.6 Å². The van der Waals surface area contributed by atoms with E-state index in [1.54, 1.807) is 13.1 Å². The predicted molar refractivity (Wildman–Crippen MR) is 73.0 cm³/mol. The summed E-state index contributed by atoms with van der Waals surface area (Å²) in [6, 6.07) is 2.75. The summed E-state index contributed by atoms with van der Waals surface area (Å²) in [6.07, 6.45) is 0. The minimum absolute atomic E-state index is 0.0458. The molecule has 0 fully saturated rings. The van der Waals surface area contributed by atoms with Crippen molar-refractivity contribution in [3.05, 3.63) is 33.8 Å². The number of nitrogens with one attached hydrogen (secondary N) is 1. The van der Waals surface area contributed by atoms with Gasteiger partial charge in [0.05, 0.1) is 4.47 Å². The molecule has 1 aromatic heterocycles. The number of rotatable bonds is 2. The Balaban J connectivity index is 2.87. The number of fused-ring (bicyclic) bond motifs is 1. The zero-order valence-electron chi connectivity index (χ0n) is 10.3. The highest BCUT2D eigenvalue weighted by atomic mass is 79.9. The molecule has 2 nitrogen and oxygen atoms in total. The van der Waals surface area contributed by atoms with Crippen molar-refractivity contribution in [3.63, 3.8) is 0 Å². The second kappa shape index (κ2) is 4.80. The SMILES string of the molecule is CNc1nc2c(F)cc(Br)c(F)c2cc1C(C)C. The summed E-state index contributed by atoms with van der Waals surface area (Å²) in [7, 11) is 1.72. The Hall–Kier alpha value is -1.23. The first-order valence-electron chi connectivity index (χ1n) is 5.61. The van der Waals surface area contributed by atoms with Gasteiger partial charge in [0.2, 0.25) is 0 Å². The largest absolute Gasteiger partial charge is 0.373 e. The minimum atomic E-state index is -0.537. The lowest BCUT2D eigenvalue weighted by molar-refractivity contribution is 0.609. The van der Waals surface area contributed by atoms with E-state index in [4.69, 9.17) is 0 Å². The van der Waals surface area contributed by atoms with Crippen molar-refractivity contribution in [3.8, 4) is 0 Å². The predicted octanol–water partition coefficient (Wildman–Crippen LogP) is 4.44. The van der Waals surface area contributed by atoms with E-state index in [0.29, 0.717) is 5.82 Å².